The van der Waals surface area contributed by atoms with Gasteiger partial charge in [-0.2, -0.15) is 0 Å². The van der Waals surface area contributed by atoms with Gasteiger partial charge in [0.1, 0.15) is 5.75 Å². The maximum Gasteiger partial charge on any atom is 0.125 e. The van der Waals surface area contributed by atoms with Crippen molar-refractivity contribution in [3.8, 4) is 5.75 Å². The first-order valence-electron chi connectivity index (χ1n) is 5.49. The van der Waals surface area contributed by atoms with E-state index >= 15 is 0 Å². The normalized spacial score (nSPS) is 10.3. The Labute approximate surface area is 97.8 Å². The van der Waals surface area contributed by atoms with Crippen LogP contribution in [0, 0.1) is 20.8 Å². The molecule has 0 aliphatic heterocycles. The van der Waals surface area contributed by atoms with Crippen molar-refractivity contribution in [3.05, 3.63) is 22.8 Å². The summed E-state index contributed by atoms with van der Waals surface area (Å²) in [6.07, 6.45) is 0. The number of hydrogen-bond acceptors (Lipinski definition) is 3. The first-order chi connectivity index (χ1) is 7.61. The van der Waals surface area contributed by atoms with Crippen LogP contribution in [0.2, 0.25) is 0 Å². The molecule has 0 heterocycles. The zero-order valence-electron chi connectivity index (χ0n) is 10.8. The molecule has 0 unspecified atom stereocenters. The summed E-state index contributed by atoms with van der Waals surface area (Å²) in [5.41, 5.74) is 4.75. The van der Waals surface area contributed by atoms with Crippen molar-refractivity contribution in [1.29, 1.82) is 0 Å². The number of methoxy groups -OCH3 is 2. The Morgan fingerprint density at radius 1 is 1.12 bits per heavy atom. The lowest BCUT2D eigenvalue weighted by Gasteiger charge is -2.16. The van der Waals surface area contributed by atoms with Gasteiger partial charge in [-0.05, 0) is 43.5 Å². The number of rotatable bonds is 5. The quantitative estimate of drug-likeness (QED) is 0.778. The molecular weight excluding hydrogens is 202 g/mol. The third kappa shape index (κ3) is 2.67. The minimum Gasteiger partial charge on any atom is -0.496 e. The highest BCUT2D eigenvalue weighted by molar-refractivity contribution is 5.61. The van der Waals surface area contributed by atoms with E-state index in [0.717, 1.165) is 23.5 Å². The molecule has 0 aliphatic rings. The number of ether oxygens (including phenoxy) is 2. The lowest BCUT2D eigenvalue weighted by atomic mass is 10.0. The average Bonchev–Trinajstić information content (AvgIpc) is 2.26. The van der Waals surface area contributed by atoms with Crippen molar-refractivity contribution >= 4 is 5.69 Å². The number of nitrogens with one attached hydrogen (secondary N) is 1. The summed E-state index contributed by atoms with van der Waals surface area (Å²) in [5, 5.41) is 3.37. The van der Waals surface area contributed by atoms with E-state index in [-0.39, 0.29) is 0 Å². The molecule has 3 heteroatoms. The minimum atomic E-state index is 0.712. The second kappa shape index (κ2) is 5.75. The van der Waals surface area contributed by atoms with Crippen LogP contribution in [0.3, 0.4) is 0 Å². The third-order valence-electron chi connectivity index (χ3n) is 2.85. The van der Waals surface area contributed by atoms with Crippen molar-refractivity contribution in [2.75, 3.05) is 32.7 Å². The Bertz CT molecular complexity index is 361. The first kappa shape index (κ1) is 12.8. The summed E-state index contributed by atoms with van der Waals surface area (Å²) in [5.74, 6) is 0.981. The van der Waals surface area contributed by atoms with E-state index in [4.69, 9.17) is 9.47 Å². The number of hydrogen-bond donors (Lipinski definition) is 1. The van der Waals surface area contributed by atoms with Gasteiger partial charge in [-0.25, -0.2) is 0 Å². The Hall–Kier alpha value is -1.22. The van der Waals surface area contributed by atoms with Gasteiger partial charge in [0, 0.05) is 19.3 Å². The van der Waals surface area contributed by atoms with Gasteiger partial charge in [0.25, 0.3) is 0 Å². The molecule has 0 amide bonds. The average molecular weight is 223 g/mol. The van der Waals surface area contributed by atoms with E-state index in [0.29, 0.717) is 6.61 Å². The summed E-state index contributed by atoms with van der Waals surface area (Å²) in [6.45, 7) is 7.79. The highest BCUT2D eigenvalue weighted by Gasteiger charge is 2.09. The molecule has 0 aromatic heterocycles. The summed E-state index contributed by atoms with van der Waals surface area (Å²) in [6, 6.07) is 2.12. The van der Waals surface area contributed by atoms with Crippen LogP contribution >= 0.6 is 0 Å². The Balaban J connectivity index is 2.94. The highest BCUT2D eigenvalue weighted by atomic mass is 16.5. The van der Waals surface area contributed by atoms with Crippen molar-refractivity contribution in [2.45, 2.75) is 20.8 Å². The van der Waals surface area contributed by atoms with Gasteiger partial charge in [0.2, 0.25) is 0 Å². The first-order valence-corrected chi connectivity index (χ1v) is 5.49. The van der Waals surface area contributed by atoms with Crippen molar-refractivity contribution in [2.24, 2.45) is 0 Å². The SMILES string of the molecule is COCCNc1cc(C)c(OC)c(C)c1C. The summed E-state index contributed by atoms with van der Waals surface area (Å²) >= 11 is 0. The van der Waals surface area contributed by atoms with Gasteiger partial charge in [-0.1, -0.05) is 0 Å². The molecule has 0 radical (unpaired) electrons. The Kier molecular flexibility index (Phi) is 4.62. The lowest BCUT2D eigenvalue weighted by molar-refractivity contribution is 0.211. The van der Waals surface area contributed by atoms with E-state index in [1.165, 1.54) is 11.1 Å². The molecule has 0 saturated carbocycles. The van der Waals surface area contributed by atoms with Gasteiger partial charge >= 0.3 is 0 Å². The molecule has 0 atom stereocenters. The van der Waals surface area contributed by atoms with E-state index < -0.39 is 0 Å². The zero-order chi connectivity index (χ0) is 12.1. The van der Waals surface area contributed by atoms with Crippen molar-refractivity contribution < 1.29 is 9.47 Å². The second-order valence-corrected chi connectivity index (χ2v) is 3.94. The van der Waals surface area contributed by atoms with E-state index in [1.54, 1.807) is 14.2 Å². The smallest absolute Gasteiger partial charge is 0.125 e. The lowest BCUT2D eigenvalue weighted by Crippen LogP contribution is -2.09. The van der Waals surface area contributed by atoms with Crippen LogP contribution < -0.4 is 10.1 Å². The molecule has 16 heavy (non-hydrogen) atoms. The molecular formula is C13H21NO2. The number of benzene rings is 1. The topological polar surface area (TPSA) is 30.5 Å². The molecule has 1 N–H and O–H groups in total. The second-order valence-electron chi connectivity index (χ2n) is 3.94. The van der Waals surface area contributed by atoms with Gasteiger partial charge in [-0.3, -0.25) is 0 Å². The maximum atomic E-state index is 5.38. The Morgan fingerprint density at radius 3 is 2.38 bits per heavy atom. The third-order valence-corrected chi connectivity index (χ3v) is 2.85. The van der Waals surface area contributed by atoms with Gasteiger partial charge in [0.05, 0.1) is 13.7 Å². The summed E-state index contributed by atoms with van der Waals surface area (Å²) in [7, 11) is 3.42. The largest absolute Gasteiger partial charge is 0.496 e. The van der Waals surface area contributed by atoms with Crippen LogP contribution in [0.25, 0.3) is 0 Å². The molecule has 90 valence electrons. The summed E-state index contributed by atoms with van der Waals surface area (Å²) < 4.78 is 10.4. The van der Waals surface area contributed by atoms with Crippen LogP contribution in [-0.2, 0) is 4.74 Å². The molecule has 1 rings (SSSR count). The number of anilines is 1. The van der Waals surface area contributed by atoms with Crippen LogP contribution in [0.5, 0.6) is 5.75 Å². The molecule has 3 nitrogen and oxygen atoms in total. The summed E-state index contributed by atoms with van der Waals surface area (Å²) in [4.78, 5) is 0. The van der Waals surface area contributed by atoms with Crippen LogP contribution in [0.1, 0.15) is 16.7 Å². The monoisotopic (exact) mass is 223 g/mol. The van der Waals surface area contributed by atoms with Crippen molar-refractivity contribution in [1.82, 2.24) is 0 Å². The van der Waals surface area contributed by atoms with E-state index in [9.17, 15) is 0 Å². The molecule has 0 bridgehead atoms. The standard InChI is InChI=1S/C13H21NO2/c1-9-8-12(14-6-7-15-4)10(2)11(3)13(9)16-5/h8,14H,6-7H2,1-5H3. The van der Waals surface area contributed by atoms with E-state index in [2.05, 4.69) is 32.2 Å². The fraction of sp³-hybridized carbons (Fsp3) is 0.538. The predicted octanol–water partition coefficient (Wildman–Crippen LogP) is 2.68. The maximum absolute atomic E-state index is 5.38. The fourth-order valence-electron chi connectivity index (χ4n) is 1.84. The van der Waals surface area contributed by atoms with E-state index in [1.807, 2.05) is 0 Å². The van der Waals surface area contributed by atoms with Gasteiger partial charge in [-0.15, -0.1) is 0 Å². The molecule has 0 spiro atoms. The van der Waals surface area contributed by atoms with Gasteiger partial charge in [0.15, 0.2) is 0 Å². The van der Waals surface area contributed by atoms with Gasteiger partial charge < -0.3 is 14.8 Å². The van der Waals surface area contributed by atoms with Crippen molar-refractivity contribution in [3.63, 3.8) is 0 Å². The predicted molar refractivity (Wildman–Crippen MR) is 67.6 cm³/mol. The zero-order valence-corrected chi connectivity index (χ0v) is 10.8. The minimum absolute atomic E-state index is 0.712. The fourth-order valence-corrected chi connectivity index (χ4v) is 1.84. The molecule has 0 aliphatic carbocycles. The van der Waals surface area contributed by atoms with Crippen LogP contribution in [0.15, 0.2) is 6.07 Å². The molecule has 1 aromatic carbocycles. The van der Waals surface area contributed by atoms with Crippen LogP contribution in [0.4, 0.5) is 5.69 Å². The number of aryl methyl sites for hydroxylation is 1. The Morgan fingerprint density at radius 2 is 1.81 bits per heavy atom. The molecule has 0 saturated heterocycles. The van der Waals surface area contributed by atoms with Crippen LogP contribution in [-0.4, -0.2) is 27.4 Å². The molecule has 0 fully saturated rings. The molecule has 1 aromatic rings. The highest BCUT2D eigenvalue weighted by Crippen LogP contribution is 2.31.